The number of hydrogen-bond donors (Lipinski definition) is 2. The molecule has 0 spiro atoms. The van der Waals surface area contributed by atoms with Gasteiger partial charge in [-0.1, -0.05) is 6.07 Å². The molecular formula is C20H17N5O4. The van der Waals surface area contributed by atoms with Gasteiger partial charge in [0.05, 0.1) is 17.2 Å². The number of anilines is 1. The van der Waals surface area contributed by atoms with E-state index < -0.39 is 0 Å². The second-order valence-electron chi connectivity index (χ2n) is 6.55. The number of carbonyl (C=O) groups excluding carboxylic acids is 1. The molecule has 0 bridgehead atoms. The topological polar surface area (TPSA) is 123 Å². The first-order chi connectivity index (χ1) is 14.0. The third-order valence-electron chi connectivity index (χ3n) is 4.07. The highest BCUT2D eigenvalue weighted by Crippen LogP contribution is 2.26. The molecule has 4 aromatic rings. The highest BCUT2D eigenvalue weighted by Gasteiger charge is 2.15. The molecule has 4 rings (SSSR count). The standard InChI is InChI=1S/C20H17N5O4/c1-11(2)28-13-8-6-12(7-9-13)20(27)21-15-5-3-4-14-16(26)10-17(29-18(14)15)19-22-24-25-23-19/h3-11H,1-2H3,(H,21,27)(H,22,23,24,25). The fourth-order valence-electron chi connectivity index (χ4n) is 2.81. The number of benzene rings is 2. The Morgan fingerprint density at radius 1 is 1.17 bits per heavy atom. The molecule has 0 aliphatic rings. The van der Waals surface area contributed by atoms with Crippen molar-refractivity contribution < 1.29 is 13.9 Å². The Morgan fingerprint density at radius 3 is 2.66 bits per heavy atom. The van der Waals surface area contributed by atoms with Gasteiger partial charge in [-0.3, -0.25) is 9.59 Å². The van der Waals surface area contributed by atoms with Crippen LogP contribution in [-0.2, 0) is 0 Å². The van der Waals surface area contributed by atoms with E-state index in [1.54, 1.807) is 42.5 Å². The van der Waals surface area contributed by atoms with Gasteiger partial charge in [0.15, 0.2) is 16.8 Å². The first-order valence-corrected chi connectivity index (χ1v) is 8.90. The van der Waals surface area contributed by atoms with Crippen LogP contribution in [0.5, 0.6) is 5.75 Å². The minimum absolute atomic E-state index is 0.0435. The highest BCUT2D eigenvalue weighted by molar-refractivity contribution is 6.08. The molecule has 0 saturated heterocycles. The van der Waals surface area contributed by atoms with Crippen LogP contribution in [0, 0.1) is 0 Å². The number of carbonyl (C=O) groups is 1. The van der Waals surface area contributed by atoms with Gasteiger partial charge in [-0.05, 0) is 60.7 Å². The molecule has 2 heterocycles. The number of aromatic nitrogens is 4. The Bertz CT molecular complexity index is 1210. The van der Waals surface area contributed by atoms with Crippen LogP contribution >= 0.6 is 0 Å². The van der Waals surface area contributed by atoms with Crippen molar-refractivity contribution in [3.05, 3.63) is 64.3 Å². The van der Waals surface area contributed by atoms with Crippen LogP contribution in [0.3, 0.4) is 0 Å². The molecule has 9 nitrogen and oxygen atoms in total. The summed E-state index contributed by atoms with van der Waals surface area (Å²) in [6, 6.07) is 13.0. The summed E-state index contributed by atoms with van der Waals surface area (Å²) in [7, 11) is 0. The molecular weight excluding hydrogens is 374 g/mol. The van der Waals surface area contributed by atoms with Crippen LogP contribution in [-0.4, -0.2) is 32.6 Å². The third-order valence-corrected chi connectivity index (χ3v) is 4.07. The van der Waals surface area contributed by atoms with Gasteiger partial charge in [0.1, 0.15) is 5.75 Å². The molecule has 2 aromatic carbocycles. The molecule has 0 saturated carbocycles. The summed E-state index contributed by atoms with van der Waals surface area (Å²) in [4.78, 5) is 25.1. The maximum absolute atomic E-state index is 12.7. The van der Waals surface area contributed by atoms with Crippen molar-refractivity contribution in [2.45, 2.75) is 20.0 Å². The lowest BCUT2D eigenvalue weighted by atomic mass is 10.1. The fraction of sp³-hybridized carbons (Fsp3) is 0.150. The van der Waals surface area contributed by atoms with Gasteiger partial charge in [0, 0.05) is 11.6 Å². The Kier molecular flexibility index (Phi) is 4.78. The largest absolute Gasteiger partial charge is 0.491 e. The molecule has 29 heavy (non-hydrogen) atoms. The van der Waals surface area contributed by atoms with E-state index >= 15 is 0 Å². The molecule has 0 fully saturated rings. The van der Waals surface area contributed by atoms with E-state index in [9.17, 15) is 9.59 Å². The number of amides is 1. The molecule has 2 N–H and O–H groups in total. The second-order valence-corrected chi connectivity index (χ2v) is 6.55. The number of fused-ring (bicyclic) bond motifs is 1. The zero-order valence-electron chi connectivity index (χ0n) is 15.7. The van der Waals surface area contributed by atoms with E-state index in [2.05, 4.69) is 25.9 Å². The van der Waals surface area contributed by atoms with E-state index in [-0.39, 0.29) is 34.6 Å². The zero-order chi connectivity index (χ0) is 20.4. The van der Waals surface area contributed by atoms with E-state index in [4.69, 9.17) is 9.15 Å². The van der Waals surface area contributed by atoms with Gasteiger partial charge < -0.3 is 14.5 Å². The third kappa shape index (κ3) is 3.84. The molecule has 0 radical (unpaired) electrons. The van der Waals surface area contributed by atoms with Crippen LogP contribution in [0.1, 0.15) is 24.2 Å². The lowest BCUT2D eigenvalue weighted by molar-refractivity contribution is 0.102. The van der Waals surface area contributed by atoms with Gasteiger partial charge in [0.2, 0.25) is 5.82 Å². The molecule has 146 valence electrons. The summed E-state index contributed by atoms with van der Waals surface area (Å²) in [5.74, 6) is 0.719. The summed E-state index contributed by atoms with van der Waals surface area (Å²) >= 11 is 0. The summed E-state index contributed by atoms with van der Waals surface area (Å²) in [5.41, 5.74) is 0.765. The normalized spacial score (nSPS) is 11.0. The van der Waals surface area contributed by atoms with Crippen LogP contribution in [0.15, 0.2) is 57.7 Å². The Balaban J connectivity index is 1.67. The van der Waals surface area contributed by atoms with Crippen molar-refractivity contribution in [1.29, 1.82) is 0 Å². The molecule has 0 aliphatic heterocycles. The second kappa shape index (κ2) is 7.55. The van der Waals surface area contributed by atoms with Crippen molar-refractivity contribution in [2.75, 3.05) is 5.32 Å². The molecule has 2 aromatic heterocycles. The number of rotatable bonds is 5. The zero-order valence-corrected chi connectivity index (χ0v) is 15.7. The number of hydrogen-bond acceptors (Lipinski definition) is 7. The van der Waals surface area contributed by atoms with Crippen LogP contribution in [0.2, 0.25) is 0 Å². The average molecular weight is 391 g/mol. The van der Waals surface area contributed by atoms with Crippen molar-refractivity contribution in [2.24, 2.45) is 0 Å². The lowest BCUT2D eigenvalue weighted by Gasteiger charge is -2.11. The smallest absolute Gasteiger partial charge is 0.255 e. The maximum Gasteiger partial charge on any atom is 0.255 e. The summed E-state index contributed by atoms with van der Waals surface area (Å²) < 4.78 is 11.4. The molecule has 0 aliphatic carbocycles. The van der Waals surface area contributed by atoms with E-state index in [0.717, 1.165) is 0 Å². The Morgan fingerprint density at radius 2 is 1.97 bits per heavy atom. The highest BCUT2D eigenvalue weighted by atomic mass is 16.5. The SMILES string of the molecule is CC(C)Oc1ccc(C(=O)Nc2cccc3c(=O)cc(-c4nnn[nH]4)oc23)cc1. The quantitative estimate of drug-likeness (QED) is 0.536. The van der Waals surface area contributed by atoms with Gasteiger partial charge in [-0.25, -0.2) is 5.10 Å². The first kappa shape index (κ1) is 18.4. The maximum atomic E-state index is 12.7. The number of ether oxygens (including phenoxy) is 1. The molecule has 9 heteroatoms. The first-order valence-electron chi connectivity index (χ1n) is 8.90. The minimum atomic E-state index is -0.344. The molecule has 1 amide bonds. The number of para-hydroxylation sites is 1. The van der Waals surface area contributed by atoms with Crippen LogP contribution < -0.4 is 15.5 Å². The summed E-state index contributed by atoms with van der Waals surface area (Å²) in [6.07, 6.45) is 0.0435. The number of nitrogens with zero attached hydrogens (tertiary/aromatic N) is 3. The number of nitrogens with one attached hydrogen (secondary N) is 2. The Hall–Kier alpha value is -4.01. The van der Waals surface area contributed by atoms with E-state index in [1.807, 2.05) is 13.8 Å². The lowest BCUT2D eigenvalue weighted by Crippen LogP contribution is -2.13. The number of H-pyrrole nitrogens is 1. The van der Waals surface area contributed by atoms with Crippen molar-refractivity contribution in [3.63, 3.8) is 0 Å². The van der Waals surface area contributed by atoms with E-state index in [1.165, 1.54) is 6.07 Å². The minimum Gasteiger partial charge on any atom is -0.491 e. The van der Waals surface area contributed by atoms with Gasteiger partial charge in [0.25, 0.3) is 5.91 Å². The molecule has 0 atom stereocenters. The summed E-state index contributed by atoms with van der Waals surface area (Å²) in [5, 5.41) is 16.4. The van der Waals surface area contributed by atoms with Crippen molar-refractivity contribution in [1.82, 2.24) is 20.6 Å². The van der Waals surface area contributed by atoms with Gasteiger partial charge in [-0.2, -0.15) is 0 Å². The summed E-state index contributed by atoms with van der Waals surface area (Å²) in [6.45, 7) is 3.86. The van der Waals surface area contributed by atoms with Crippen LogP contribution in [0.4, 0.5) is 5.69 Å². The Labute approximate surface area is 164 Å². The molecule has 0 unspecified atom stereocenters. The van der Waals surface area contributed by atoms with Crippen molar-refractivity contribution >= 4 is 22.6 Å². The monoisotopic (exact) mass is 391 g/mol. The van der Waals surface area contributed by atoms with Gasteiger partial charge >= 0.3 is 0 Å². The van der Waals surface area contributed by atoms with E-state index in [0.29, 0.717) is 22.4 Å². The average Bonchev–Trinajstić information content (AvgIpc) is 3.23. The fourth-order valence-corrected chi connectivity index (χ4v) is 2.81. The van der Waals surface area contributed by atoms with Crippen molar-refractivity contribution in [3.8, 4) is 17.3 Å². The number of tetrazole rings is 1. The predicted octanol–water partition coefficient (Wildman–Crippen LogP) is 3.01. The number of aromatic amines is 1. The predicted molar refractivity (Wildman–Crippen MR) is 106 cm³/mol. The van der Waals surface area contributed by atoms with Crippen LogP contribution in [0.25, 0.3) is 22.6 Å². The van der Waals surface area contributed by atoms with Gasteiger partial charge in [-0.15, -0.1) is 5.10 Å².